The van der Waals surface area contributed by atoms with E-state index < -0.39 is 0 Å². The number of pyridine rings is 1. The Hall–Kier alpha value is -2.76. The molecule has 0 atom stereocenters. The second-order valence-corrected chi connectivity index (χ2v) is 6.91. The number of anilines is 2. The third kappa shape index (κ3) is 4.94. The van der Waals surface area contributed by atoms with Crippen LogP contribution >= 0.6 is 0 Å². The van der Waals surface area contributed by atoms with E-state index in [4.69, 9.17) is 0 Å². The van der Waals surface area contributed by atoms with Crippen molar-refractivity contribution in [1.29, 1.82) is 0 Å². The number of aromatic nitrogens is 1. The Kier molecular flexibility index (Phi) is 7.12. The van der Waals surface area contributed by atoms with Gasteiger partial charge in [0, 0.05) is 64.7 Å². The molecule has 0 radical (unpaired) electrons. The van der Waals surface area contributed by atoms with Gasteiger partial charge in [0.1, 0.15) is 5.82 Å². The molecule has 1 saturated heterocycles. The number of hydrogen-bond acceptors (Lipinski definition) is 4. The van der Waals surface area contributed by atoms with E-state index in [2.05, 4.69) is 86.3 Å². The Labute approximate surface area is 168 Å². The number of aliphatic imine (C=N–C) groups is 1. The van der Waals surface area contributed by atoms with Crippen LogP contribution in [0.25, 0.3) is 0 Å². The van der Waals surface area contributed by atoms with Gasteiger partial charge < -0.3 is 20.0 Å². The minimum atomic E-state index is 0.733. The van der Waals surface area contributed by atoms with Gasteiger partial charge in [0.15, 0.2) is 5.96 Å². The summed E-state index contributed by atoms with van der Waals surface area (Å²) in [5.41, 5.74) is 2.46. The van der Waals surface area contributed by atoms with Gasteiger partial charge in [0.2, 0.25) is 0 Å². The zero-order valence-electron chi connectivity index (χ0n) is 17.3. The van der Waals surface area contributed by atoms with Crippen molar-refractivity contribution in [2.45, 2.75) is 20.4 Å². The lowest BCUT2D eigenvalue weighted by molar-refractivity contribution is 0.372. The van der Waals surface area contributed by atoms with Crippen LogP contribution in [-0.4, -0.2) is 62.2 Å². The number of para-hydroxylation sites is 1. The van der Waals surface area contributed by atoms with Crippen molar-refractivity contribution in [1.82, 2.24) is 15.2 Å². The Morgan fingerprint density at radius 3 is 2.32 bits per heavy atom. The van der Waals surface area contributed by atoms with Crippen LogP contribution in [0, 0.1) is 0 Å². The fourth-order valence-corrected chi connectivity index (χ4v) is 3.58. The number of nitrogens with zero attached hydrogens (tertiary/aromatic N) is 5. The Morgan fingerprint density at radius 1 is 1.04 bits per heavy atom. The summed E-state index contributed by atoms with van der Waals surface area (Å²) >= 11 is 0. The molecule has 2 heterocycles. The summed E-state index contributed by atoms with van der Waals surface area (Å²) in [7, 11) is 1.85. The minimum absolute atomic E-state index is 0.733. The molecule has 2 aromatic rings. The highest BCUT2D eigenvalue weighted by molar-refractivity contribution is 5.80. The van der Waals surface area contributed by atoms with Crippen molar-refractivity contribution in [3.63, 3.8) is 0 Å². The zero-order valence-corrected chi connectivity index (χ0v) is 17.3. The monoisotopic (exact) mass is 380 g/mol. The lowest BCUT2D eigenvalue weighted by Gasteiger charge is -2.37. The molecule has 1 aromatic carbocycles. The third-order valence-electron chi connectivity index (χ3n) is 5.26. The Balaban J connectivity index is 1.51. The summed E-state index contributed by atoms with van der Waals surface area (Å²) in [6, 6.07) is 14.9. The first-order chi connectivity index (χ1) is 13.7. The molecule has 1 N–H and O–H groups in total. The highest BCUT2D eigenvalue weighted by Gasteiger charge is 2.19. The molecule has 150 valence electrons. The quantitative estimate of drug-likeness (QED) is 0.617. The molecular formula is C22H32N6. The van der Waals surface area contributed by atoms with E-state index in [0.717, 1.165) is 57.6 Å². The molecule has 3 rings (SSSR count). The predicted octanol–water partition coefficient (Wildman–Crippen LogP) is 2.83. The summed E-state index contributed by atoms with van der Waals surface area (Å²) in [5, 5.41) is 3.49. The van der Waals surface area contributed by atoms with Crippen molar-refractivity contribution in [2.24, 2.45) is 4.99 Å². The van der Waals surface area contributed by atoms with Crippen molar-refractivity contribution < 1.29 is 0 Å². The summed E-state index contributed by atoms with van der Waals surface area (Å²) in [6.45, 7) is 10.9. The Bertz CT molecular complexity index is 731. The average Bonchev–Trinajstić information content (AvgIpc) is 2.77. The van der Waals surface area contributed by atoms with Gasteiger partial charge in [-0.3, -0.25) is 4.99 Å². The summed E-state index contributed by atoms with van der Waals surface area (Å²) in [5.74, 6) is 2.00. The molecule has 0 aliphatic carbocycles. The second kappa shape index (κ2) is 9.97. The van der Waals surface area contributed by atoms with E-state index in [9.17, 15) is 0 Å². The standard InChI is InChI=1S/C22H32N6/c1-4-26(5-2)21-12-11-19(17-24-21)18-25-22(23-3)28-15-13-27(14-16-28)20-9-7-6-8-10-20/h6-12,17H,4-5,13-16,18H2,1-3H3,(H,23,25). The van der Waals surface area contributed by atoms with Crippen LogP contribution in [0.5, 0.6) is 0 Å². The first-order valence-corrected chi connectivity index (χ1v) is 10.2. The van der Waals surface area contributed by atoms with E-state index >= 15 is 0 Å². The van der Waals surface area contributed by atoms with Gasteiger partial charge in [0.05, 0.1) is 0 Å². The van der Waals surface area contributed by atoms with Crippen LogP contribution in [0.15, 0.2) is 53.7 Å². The summed E-state index contributed by atoms with van der Waals surface area (Å²) < 4.78 is 0. The summed E-state index contributed by atoms with van der Waals surface area (Å²) in [6.07, 6.45) is 1.96. The van der Waals surface area contributed by atoms with Gasteiger partial charge in [-0.25, -0.2) is 4.98 Å². The lowest BCUT2D eigenvalue weighted by atomic mass is 10.2. The zero-order chi connectivity index (χ0) is 19.8. The fraction of sp³-hybridized carbons (Fsp3) is 0.455. The van der Waals surface area contributed by atoms with Gasteiger partial charge in [-0.1, -0.05) is 24.3 Å². The third-order valence-corrected chi connectivity index (χ3v) is 5.26. The highest BCUT2D eigenvalue weighted by atomic mass is 15.3. The summed E-state index contributed by atoms with van der Waals surface area (Å²) in [4.78, 5) is 16.1. The van der Waals surface area contributed by atoms with Crippen molar-refractivity contribution in [3.05, 3.63) is 54.2 Å². The SMILES string of the molecule is CCN(CC)c1ccc(CNC(=NC)N2CCN(c3ccccc3)CC2)cn1. The van der Waals surface area contributed by atoms with Gasteiger partial charge in [-0.15, -0.1) is 0 Å². The molecule has 6 heteroatoms. The number of piperazine rings is 1. The molecule has 1 aromatic heterocycles. The lowest BCUT2D eigenvalue weighted by Crippen LogP contribution is -2.52. The average molecular weight is 381 g/mol. The van der Waals surface area contributed by atoms with Gasteiger partial charge in [-0.05, 0) is 37.6 Å². The number of nitrogens with one attached hydrogen (secondary N) is 1. The molecule has 0 bridgehead atoms. The molecule has 28 heavy (non-hydrogen) atoms. The minimum Gasteiger partial charge on any atom is -0.368 e. The van der Waals surface area contributed by atoms with Crippen LogP contribution in [0.3, 0.4) is 0 Å². The van der Waals surface area contributed by atoms with E-state index in [1.807, 2.05) is 13.2 Å². The van der Waals surface area contributed by atoms with E-state index in [-0.39, 0.29) is 0 Å². The molecule has 0 saturated carbocycles. The number of guanidine groups is 1. The van der Waals surface area contributed by atoms with Crippen LogP contribution < -0.4 is 15.1 Å². The molecular weight excluding hydrogens is 348 g/mol. The van der Waals surface area contributed by atoms with Crippen LogP contribution in [0.4, 0.5) is 11.5 Å². The molecule has 1 fully saturated rings. The van der Waals surface area contributed by atoms with Crippen LogP contribution in [0.2, 0.25) is 0 Å². The molecule has 1 aliphatic rings. The van der Waals surface area contributed by atoms with Gasteiger partial charge in [-0.2, -0.15) is 0 Å². The number of benzene rings is 1. The van der Waals surface area contributed by atoms with E-state index in [1.165, 1.54) is 11.3 Å². The predicted molar refractivity (Wildman–Crippen MR) is 118 cm³/mol. The number of rotatable bonds is 6. The van der Waals surface area contributed by atoms with Crippen LogP contribution in [0.1, 0.15) is 19.4 Å². The smallest absolute Gasteiger partial charge is 0.194 e. The van der Waals surface area contributed by atoms with Crippen LogP contribution in [-0.2, 0) is 6.54 Å². The van der Waals surface area contributed by atoms with Gasteiger partial charge in [0.25, 0.3) is 0 Å². The second-order valence-electron chi connectivity index (χ2n) is 6.91. The fourth-order valence-electron chi connectivity index (χ4n) is 3.58. The van der Waals surface area contributed by atoms with E-state index in [1.54, 1.807) is 0 Å². The molecule has 0 spiro atoms. The number of hydrogen-bond donors (Lipinski definition) is 1. The van der Waals surface area contributed by atoms with Crippen molar-refractivity contribution in [3.8, 4) is 0 Å². The maximum absolute atomic E-state index is 4.61. The Morgan fingerprint density at radius 2 is 1.75 bits per heavy atom. The normalized spacial score (nSPS) is 14.9. The maximum Gasteiger partial charge on any atom is 0.194 e. The topological polar surface area (TPSA) is 47.0 Å². The first kappa shape index (κ1) is 20.0. The molecule has 0 unspecified atom stereocenters. The molecule has 1 aliphatic heterocycles. The van der Waals surface area contributed by atoms with Crippen molar-refractivity contribution >= 4 is 17.5 Å². The molecule has 6 nitrogen and oxygen atoms in total. The largest absolute Gasteiger partial charge is 0.368 e. The van der Waals surface area contributed by atoms with Gasteiger partial charge >= 0.3 is 0 Å². The van der Waals surface area contributed by atoms with E-state index in [0.29, 0.717) is 0 Å². The first-order valence-electron chi connectivity index (χ1n) is 10.2. The van der Waals surface area contributed by atoms with Crippen molar-refractivity contribution in [2.75, 3.05) is 56.1 Å². The highest BCUT2D eigenvalue weighted by Crippen LogP contribution is 2.16. The molecule has 0 amide bonds. The maximum atomic E-state index is 4.61.